The van der Waals surface area contributed by atoms with Crippen LogP contribution < -0.4 is 15.1 Å². The first-order valence-electron chi connectivity index (χ1n) is 7.05. The lowest BCUT2D eigenvalue weighted by atomic mass is 10.2. The summed E-state index contributed by atoms with van der Waals surface area (Å²) in [4.78, 5) is 11.4. The predicted octanol–water partition coefficient (Wildman–Crippen LogP) is 4.14. The molecule has 0 N–H and O–H groups in total. The molecule has 5 heteroatoms. The maximum atomic E-state index is 11.4. The van der Waals surface area contributed by atoms with Gasteiger partial charge >= 0.3 is 5.63 Å². The maximum absolute atomic E-state index is 11.4. The fourth-order valence-electron chi connectivity index (χ4n) is 2.11. The molecule has 0 spiro atoms. The molecule has 2 aromatic rings. The van der Waals surface area contributed by atoms with E-state index in [1.54, 1.807) is 6.07 Å². The number of hydrogen-bond donors (Lipinski definition) is 0. The third kappa shape index (κ3) is 4.49. The molecule has 0 unspecified atom stereocenters. The van der Waals surface area contributed by atoms with E-state index in [4.69, 9.17) is 13.9 Å². The Morgan fingerprint density at radius 1 is 1.14 bits per heavy atom. The summed E-state index contributed by atoms with van der Waals surface area (Å²) < 4.78 is 16.1. The van der Waals surface area contributed by atoms with Crippen molar-refractivity contribution in [3.63, 3.8) is 0 Å². The Morgan fingerprint density at radius 2 is 1.95 bits per heavy atom. The fourth-order valence-corrected chi connectivity index (χ4v) is 2.51. The zero-order chi connectivity index (χ0) is 15.1. The number of halogens is 1. The minimum Gasteiger partial charge on any atom is -0.496 e. The predicted molar refractivity (Wildman–Crippen MR) is 86.8 cm³/mol. The first-order chi connectivity index (χ1) is 10.2. The molecule has 1 heterocycles. The van der Waals surface area contributed by atoms with Crippen LogP contribution in [0.1, 0.15) is 25.7 Å². The van der Waals surface area contributed by atoms with Gasteiger partial charge in [0.15, 0.2) is 0 Å². The number of ether oxygens (including phenoxy) is 2. The molecule has 0 atom stereocenters. The van der Waals surface area contributed by atoms with Gasteiger partial charge in [0, 0.05) is 11.4 Å². The van der Waals surface area contributed by atoms with Crippen molar-refractivity contribution in [1.29, 1.82) is 0 Å². The highest BCUT2D eigenvalue weighted by molar-refractivity contribution is 9.09. The molecule has 2 rings (SSSR count). The number of unbranched alkanes of at least 4 members (excludes halogenated alkanes) is 3. The van der Waals surface area contributed by atoms with Gasteiger partial charge in [0.25, 0.3) is 0 Å². The summed E-state index contributed by atoms with van der Waals surface area (Å²) in [5.74, 6) is 1.22. The van der Waals surface area contributed by atoms with Crippen LogP contribution in [0.15, 0.2) is 33.5 Å². The van der Waals surface area contributed by atoms with Crippen LogP contribution in [-0.2, 0) is 0 Å². The van der Waals surface area contributed by atoms with Gasteiger partial charge in [-0.2, -0.15) is 0 Å². The van der Waals surface area contributed by atoms with E-state index in [0.717, 1.165) is 23.6 Å². The van der Waals surface area contributed by atoms with Gasteiger partial charge in [-0.1, -0.05) is 28.8 Å². The van der Waals surface area contributed by atoms with E-state index in [1.165, 1.54) is 26.0 Å². The number of alkyl halides is 1. The molecule has 21 heavy (non-hydrogen) atoms. The molecule has 0 aliphatic rings. The van der Waals surface area contributed by atoms with Gasteiger partial charge in [-0.05, 0) is 25.0 Å². The second-order valence-corrected chi connectivity index (χ2v) is 5.54. The van der Waals surface area contributed by atoms with Crippen molar-refractivity contribution in [3.8, 4) is 11.5 Å². The molecule has 0 amide bonds. The summed E-state index contributed by atoms with van der Waals surface area (Å²) in [7, 11) is 1.53. The van der Waals surface area contributed by atoms with Crippen molar-refractivity contribution < 1.29 is 13.9 Å². The minimum atomic E-state index is -0.425. The van der Waals surface area contributed by atoms with Crippen LogP contribution >= 0.6 is 15.9 Å². The van der Waals surface area contributed by atoms with E-state index in [2.05, 4.69) is 15.9 Å². The van der Waals surface area contributed by atoms with Gasteiger partial charge in [0.05, 0.1) is 25.2 Å². The van der Waals surface area contributed by atoms with Crippen molar-refractivity contribution in [2.75, 3.05) is 19.0 Å². The molecule has 4 nitrogen and oxygen atoms in total. The van der Waals surface area contributed by atoms with Gasteiger partial charge < -0.3 is 13.9 Å². The van der Waals surface area contributed by atoms with E-state index in [-0.39, 0.29) is 0 Å². The van der Waals surface area contributed by atoms with Crippen LogP contribution in [0.3, 0.4) is 0 Å². The van der Waals surface area contributed by atoms with E-state index >= 15 is 0 Å². The summed E-state index contributed by atoms with van der Waals surface area (Å²) in [5.41, 5.74) is 0.0578. The van der Waals surface area contributed by atoms with E-state index in [9.17, 15) is 4.79 Å². The summed E-state index contributed by atoms with van der Waals surface area (Å²) in [5, 5.41) is 1.82. The minimum absolute atomic E-state index is 0.425. The highest BCUT2D eigenvalue weighted by Gasteiger charge is 2.07. The number of rotatable bonds is 8. The average Bonchev–Trinajstić information content (AvgIpc) is 2.49. The van der Waals surface area contributed by atoms with Crippen LogP contribution in [0.2, 0.25) is 0 Å². The Kier molecular flexibility index (Phi) is 6.11. The number of hydrogen-bond acceptors (Lipinski definition) is 4. The molecule has 0 aliphatic heterocycles. The van der Waals surface area contributed by atoms with Crippen molar-refractivity contribution in [3.05, 3.63) is 34.7 Å². The van der Waals surface area contributed by atoms with Crippen molar-refractivity contribution >= 4 is 26.9 Å². The monoisotopic (exact) mass is 354 g/mol. The van der Waals surface area contributed by atoms with E-state index in [0.29, 0.717) is 23.7 Å². The Labute approximate surface area is 132 Å². The van der Waals surface area contributed by atoms with Crippen LogP contribution in [0.25, 0.3) is 11.0 Å². The largest absolute Gasteiger partial charge is 0.496 e. The van der Waals surface area contributed by atoms with Crippen LogP contribution in [-0.4, -0.2) is 19.0 Å². The summed E-state index contributed by atoms with van der Waals surface area (Å²) in [6.45, 7) is 0.669. The summed E-state index contributed by atoms with van der Waals surface area (Å²) >= 11 is 3.42. The molecule has 0 bridgehead atoms. The van der Waals surface area contributed by atoms with Crippen LogP contribution in [0.4, 0.5) is 0 Å². The highest BCUT2D eigenvalue weighted by atomic mass is 79.9. The molecule has 0 fully saturated rings. The summed E-state index contributed by atoms with van der Waals surface area (Å²) in [6.07, 6.45) is 4.58. The molecule has 0 saturated heterocycles. The maximum Gasteiger partial charge on any atom is 0.339 e. The first-order valence-corrected chi connectivity index (χ1v) is 8.17. The molecule has 114 valence electrons. The number of benzene rings is 1. The SMILES string of the molecule is COc1cc(=O)oc2cc(OCCCCCCBr)ccc12. The molecule has 1 aromatic heterocycles. The molecule has 1 aromatic carbocycles. The van der Waals surface area contributed by atoms with Crippen LogP contribution in [0, 0.1) is 0 Å². The standard InChI is InChI=1S/C16H19BrO4/c1-19-14-11-16(18)21-15-10-12(6-7-13(14)15)20-9-5-3-2-4-8-17/h6-7,10-11H,2-5,8-9H2,1H3. The van der Waals surface area contributed by atoms with Crippen molar-refractivity contribution in [1.82, 2.24) is 0 Å². The van der Waals surface area contributed by atoms with Crippen molar-refractivity contribution in [2.45, 2.75) is 25.7 Å². The van der Waals surface area contributed by atoms with Crippen molar-refractivity contribution in [2.24, 2.45) is 0 Å². The first kappa shape index (κ1) is 15.9. The molecule has 0 radical (unpaired) electrons. The number of fused-ring (bicyclic) bond motifs is 1. The second-order valence-electron chi connectivity index (χ2n) is 4.74. The second kappa shape index (κ2) is 8.08. The molecular weight excluding hydrogens is 336 g/mol. The van der Waals surface area contributed by atoms with E-state index in [1.807, 2.05) is 12.1 Å². The van der Waals surface area contributed by atoms with Gasteiger partial charge in [-0.3, -0.25) is 0 Å². The summed E-state index contributed by atoms with van der Waals surface area (Å²) in [6, 6.07) is 6.78. The smallest absolute Gasteiger partial charge is 0.339 e. The van der Waals surface area contributed by atoms with Gasteiger partial charge in [-0.25, -0.2) is 4.79 Å². The zero-order valence-corrected chi connectivity index (χ0v) is 13.6. The lowest BCUT2D eigenvalue weighted by molar-refractivity contribution is 0.305. The fraction of sp³-hybridized carbons (Fsp3) is 0.438. The van der Waals surface area contributed by atoms with Gasteiger partial charge in [0.1, 0.15) is 17.1 Å². The molecule has 0 saturated carbocycles. The van der Waals surface area contributed by atoms with Gasteiger partial charge in [-0.15, -0.1) is 0 Å². The average molecular weight is 355 g/mol. The van der Waals surface area contributed by atoms with Gasteiger partial charge in [0.2, 0.25) is 0 Å². The topological polar surface area (TPSA) is 48.7 Å². The zero-order valence-electron chi connectivity index (χ0n) is 12.1. The van der Waals surface area contributed by atoms with Crippen LogP contribution in [0.5, 0.6) is 11.5 Å². The quantitative estimate of drug-likeness (QED) is 0.406. The third-order valence-electron chi connectivity index (χ3n) is 3.19. The lowest BCUT2D eigenvalue weighted by Crippen LogP contribution is -2.00. The highest BCUT2D eigenvalue weighted by Crippen LogP contribution is 2.27. The Bertz CT molecular complexity index is 636. The Hall–Kier alpha value is -1.49. The lowest BCUT2D eigenvalue weighted by Gasteiger charge is -2.08. The Balaban J connectivity index is 2.00. The normalized spacial score (nSPS) is 10.8. The molecule has 0 aliphatic carbocycles. The molecular formula is C16H19BrO4. The van der Waals surface area contributed by atoms with E-state index < -0.39 is 5.63 Å². The number of methoxy groups -OCH3 is 1. The third-order valence-corrected chi connectivity index (χ3v) is 3.76. The Morgan fingerprint density at radius 3 is 2.71 bits per heavy atom.